The van der Waals surface area contributed by atoms with Gasteiger partial charge in [0, 0.05) is 29.9 Å². The molecule has 5 rings (SSSR count). The second-order valence-corrected chi connectivity index (χ2v) is 10.7. The summed E-state index contributed by atoms with van der Waals surface area (Å²) in [5.74, 6) is 1.12. The van der Waals surface area contributed by atoms with Crippen molar-refractivity contribution in [3.8, 4) is 0 Å². The first-order valence-corrected chi connectivity index (χ1v) is 12.4. The molecule has 2 amide bonds. The smallest absolute Gasteiger partial charge is 0.319 e. The van der Waals surface area contributed by atoms with E-state index in [0.717, 1.165) is 31.4 Å². The molecule has 2 aliphatic carbocycles. The molecule has 35 heavy (non-hydrogen) atoms. The third kappa shape index (κ3) is 4.70. The van der Waals surface area contributed by atoms with Crippen LogP contribution < -0.4 is 26.6 Å². The summed E-state index contributed by atoms with van der Waals surface area (Å²) in [6.07, 6.45) is 11.8. The van der Waals surface area contributed by atoms with E-state index in [4.69, 9.17) is 5.73 Å². The molecular weight excluding hydrogens is 440 g/mol. The molecule has 0 bridgehead atoms. The third-order valence-corrected chi connectivity index (χ3v) is 8.02. The maximum atomic E-state index is 12.5. The molecule has 2 heterocycles. The van der Waals surface area contributed by atoms with E-state index in [0.29, 0.717) is 24.1 Å². The first kappa shape index (κ1) is 23.6. The Morgan fingerprint density at radius 3 is 2.34 bits per heavy atom. The summed E-state index contributed by atoms with van der Waals surface area (Å²) in [5, 5.41) is 1.76. The lowest BCUT2D eigenvalue weighted by Gasteiger charge is -2.50. The van der Waals surface area contributed by atoms with Crippen molar-refractivity contribution in [3.05, 3.63) is 60.2 Å². The highest BCUT2D eigenvalue weighted by atomic mass is 16.2. The topological polar surface area (TPSA) is 103 Å². The van der Waals surface area contributed by atoms with Crippen LogP contribution in [0.15, 0.2) is 54.6 Å². The first-order valence-electron chi connectivity index (χ1n) is 12.4. The number of hydrazine groups is 2. The van der Waals surface area contributed by atoms with Crippen LogP contribution in [0, 0.1) is 11.3 Å². The fourth-order valence-electron chi connectivity index (χ4n) is 5.46. The number of nitrogens with two attached hydrogens (primary N) is 1. The normalized spacial score (nSPS) is 26.4. The SMILES string of the molecule is CN(C)[C@]1(c2ccccc2)CC[C@@](C)(CN(C(N)=O)c2cnc(N3C=C(C4CC4)NN3)nc2)CC1. The Balaban J connectivity index is 1.28. The molecule has 2 aromatic rings. The number of anilines is 2. The molecule has 0 saturated heterocycles. The van der Waals surface area contributed by atoms with E-state index in [1.165, 1.54) is 18.4 Å². The molecule has 0 radical (unpaired) electrons. The lowest BCUT2D eigenvalue weighted by atomic mass is 9.65. The summed E-state index contributed by atoms with van der Waals surface area (Å²) in [7, 11) is 4.33. The van der Waals surface area contributed by atoms with Gasteiger partial charge >= 0.3 is 6.03 Å². The summed E-state index contributed by atoms with van der Waals surface area (Å²) in [5.41, 5.74) is 15.2. The Morgan fingerprint density at radius 1 is 1.11 bits per heavy atom. The van der Waals surface area contributed by atoms with Crippen LogP contribution in [0.1, 0.15) is 51.0 Å². The standard InChI is InChI=1S/C26H36N8O/c1-25(11-13-26(14-12-25,32(2)3)20-7-5-4-6-8-20)18-33(23(27)35)21-15-28-24(29-16-21)34-17-22(30-31-34)19-9-10-19/h4-8,15-17,19,30-31H,9-14,18H2,1-3H3,(H2,27,35)/t25-,26-. The molecule has 186 valence electrons. The largest absolute Gasteiger partial charge is 0.351 e. The maximum Gasteiger partial charge on any atom is 0.319 e. The van der Waals surface area contributed by atoms with E-state index in [-0.39, 0.29) is 11.0 Å². The number of urea groups is 1. The number of primary amides is 1. The zero-order chi connectivity index (χ0) is 24.6. The Bertz CT molecular complexity index is 1070. The van der Waals surface area contributed by atoms with Gasteiger partial charge in [0.2, 0.25) is 5.95 Å². The predicted octanol–water partition coefficient (Wildman–Crippen LogP) is 3.48. The fourth-order valence-corrected chi connectivity index (χ4v) is 5.46. The van der Waals surface area contributed by atoms with Crippen molar-refractivity contribution in [2.75, 3.05) is 30.5 Å². The average Bonchev–Trinajstić information content (AvgIpc) is 3.60. The minimum absolute atomic E-state index is 0.00663. The second-order valence-electron chi connectivity index (χ2n) is 10.7. The van der Waals surface area contributed by atoms with Gasteiger partial charge in [0.25, 0.3) is 0 Å². The Labute approximate surface area is 207 Å². The number of nitrogens with zero attached hydrogens (tertiary/aromatic N) is 5. The Morgan fingerprint density at radius 2 is 1.77 bits per heavy atom. The van der Waals surface area contributed by atoms with Crippen LogP contribution in [-0.4, -0.2) is 41.5 Å². The van der Waals surface area contributed by atoms with Gasteiger partial charge in [0.1, 0.15) is 0 Å². The first-order chi connectivity index (χ1) is 16.8. The van der Waals surface area contributed by atoms with Crippen LogP contribution in [-0.2, 0) is 5.54 Å². The summed E-state index contributed by atoms with van der Waals surface area (Å²) in [6, 6.07) is 10.3. The fraction of sp³-hybridized carbons (Fsp3) is 0.500. The highest BCUT2D eigenvalue weighted by Crippen LogP contribution is 2.48. The van der Waals surface area contributed by atoms with E-state index >= 15 is 0 Å². The van der Waals surface area contributed by atoms with Crippen molar-refractivity contribution in [3.63, 3.8) is 0 Å². The van der Waals surface area contributed by atoms with Gasteiger partial charge < -0.3 is 11.2 Å². The van der Waals surface area contributed by atoms with Gasteiger partial charge in [-0.05, 0) is 63.6 Å². The third-order valence-electron chi connectivity index (χ3n) is 8.02. The summed E-state index contributed by atoms with van der Waals surface area (Å²) in [6.45, 7) is 2.80. The maximum absolute atomic E-state index is 12.5. The number of aromatic nitrogens is 2. The molecule has 1 aromatic carbocycles. The number of hydrogen-bond acceptors (Lipinski definition) is 7. The lowest BCUT2D eigenvalue weighted by Crippen LogP contribution is -2.50. The number of benzene rings is 1. The van der Waals surface area contributed by atoms with Crippen LogP contribution >= 0.6 is 0 Å². The zero-order valence-corrected chi connectivity index (χ0v) is 20.9. The molecule has 9 nitrogen and oxygen atoms in total. The predicted molar refractivity (Wildman–Crippen MR) is 137 cm³/mol. The van der Waals surface area contributed by atoms with Crippen molar-refractivity contribution in [1.82, 2.24) is 25.8 Å². The van der Waals surface area contributed by atoms with Crippen molar-refractivity contribution < 1.29 is 4.79 Å². The number of nitrogens with one attached hydrogen (secondary N) is 2. The molecule has 2 fully saturated rings. The van der Waals surface area contributed by atoms with Crippen molar-refractivity contribution in [2.24, 2.45) is 17.1 Å². The lowest BCUT2D eigenvalue weighted by molar-refractivity contribution is 0.0459. The number of rotatable bonds is 7. The number of carbonyl (C=O) groups excluding carboxylic acids is 1. The summed E-state index contributed by atoms with van der Waals surface area (Å²) < 4.78 is 0. The van der Waals surface area contributed by atoms with Crippen LogP contribution in [0.25, 0.3) is 0 Å². The summed E-state index contributed by atoms with van der Waals surface area (Å²) in [4.78, 5) is 25.4. The van der Waals surface area contributed by atoms with Crippen LogP contribution in [0.5, 0.6) is 0 Å². The van der Waals surface area contributed by atoms with Crippen molar-refractivity contribution in [1.29, 1.82) is 0 Å². The monoisotopic (exact) mass is 476 g/mol. The highest BCUT2D eigenvalue weighted by molar-refractivity contribution is 5.90. The molecule has 2 saturated carbocycles. The molecule has 4 N–H and O–H groups in total. The van der Waals surface area contributed by atoms with E-state index in [9.17, 15) is 4.79 Å². The van der Waals surface area contributed by atoms with Gasteiger partial charge in [-0.3, -0.25) is 9.80 Å². The molecule has 1 aliphatic heterocycles. The number of amides is 2. The molecule has 0 unspecified atom stereocenters. The Kier molecular flexibility index (Phi) is 6.14. The van der Waals surface area contributed by atoms with Gasteiger partial charge in [-0.2, -0.15) is 0 Å². The van der Waals surface area contributed by atoms with Crippen molar-refractivity contribution >= 4 is 17.7 Å². The highest BCUT2D eigenvalue weighted by Gasteiger charge is 2.44. The van der Waals surface area contributed by atoms with E-state index < -0.39 is 6.03 Å². The molecular formula is C26H36N8O. The number of hydrogen-bond donors (Lipinski definition) is 3. The molecule has 1 aromatic heterocycles. The van der Waals surface area contributed by atoms with Crippen LogP contribution in [0.4, 0.5) is 16.4 Å². The van der Waals surface area contributed by atoms with Gasteiger partial charge in [-0.25, -0.2) is 19.8 Å². The van der Waals surface area contributed by atoms with Crippen LogP contribution in [0.2, 0.25) is 0 Å². The van der Waals surface area contributed by atoms with Crippen molar-refractivity contribution in [2.45, 2.75) is 51.0 Å². The molecule has 3 aliphatic rings. The zero-order valence-electron chi connectivity index (χ0n) is 20.9. The quantitative estimate of drug-likeness (QED) is 0.562. The molecule has 0 atom stereocenters. The molecule has 0 spiro atoms. The summed E-state index contributed by atoms with van der Waals surface area (Å²) >= 11 is 0. The van der Waals surface area contributed by atoms with Gasteiger partial charge in [0.15, 0.2) is 0 Å². The average molecular weight is 477 g/mol. The Hall–Kier alpha value is -3.17. The van der Waals surface area contributed by atoms with E-state index in [1.807, 2.05) is 6.20 Å². The van der Waals surface area contributed by atoms with E-state index in [1.54, 1.807) is 22.3 Å². The van der Waals surface area contributed by atoms with Gasteiger partial charge in [-0.1, -0.05) is 37.3 Å². The van der Waals surface area contributed by atoms with Gasteiger partial charge in [-0.15, -0.1) is 5.53 Å². The minimum Gasteiger partial charge on any atom is -0.351 e. The second kappa shape index (κ2) is 9.13. The number of allylic oxidation sites excluding steroid dienone is 1. The van der Waals surface area contributed by atoms with Gasteiger partial charge in [0.05, 0.1) is 18.1 Å². The number of carbonyl (C=O) groups is 1. The van der Waals surface area contributed by atoms with E-state index in [2.05, 4.69) is 77.2 Å². The van der Waals surface area contributed by atoms with Crippen LogP contribution in [0.3, 0.4) is 0 Å². The minimum atomic E-state index is -0.480. The molecule has 9 heteroatoms.